The first-order valence-corrected chi connectivity index (χ1v) is 4.39. The van der Waals surface area contributed by atoms with Gasteiger partial charge in [-0.05, 0) is 24.6 Å². The maximum Gasteiger partial charge on any atom is 0.245 e. The summed E-state index contributed by atoms with van der Waals surface area (Å²) in [5.74, 6) is -0.296. The van der Waals surface area contributed by atoms with Crippen molar-refractivity contribution in [3.8, 4) is 0 Å². The molecule has 0 aliphatic heterocycles. The van der Waals surface area contributed by atoms with Crippen molar-refractivity contribution in [1.82, 2.24) is 0 Å². The predicted octanol–water partition coefficient (Wildman–Crippen LogP) is 3.55. The van der Waals surface area contributed by atoms with Crippen molar-refractivity contribution in [2.45, 2.75) is 20.3 Å². The quantitative estimate of drug-likeness (QED) is 0.489. The molecular formula is C11H16F2O. The van der Waals surface area contributed by atoms with Crippen molar-refractivity contribution in [1.29, 1.82) is 0 Å². The van der Waals surface area contributed by atoms with E-state index >= 15 is 0 Å². The molecule has 0 saturated heterocycles. The fourth-order valence-electron chi connectivity index (χ4n) is 0.989. The van der Waals surface area contributed by atoms with Crippen LogP contribution in [0.1, 0.15) is 13.8 Å². The molecule has 80 valence electrons. The van der Waals surface area contributed by atoms with Crippen molar-refractivity contribution in [3.63, 3.8) is 0 Å². The van der Waals surface area contributed by atoms with Crippen molar-refractivity contribution < 1.29 is 13.5 Å². The zero-order valence-electron chi connectivity index (χ0n) is 8.76. The zero-order chi connectivity index (χ0) is 11.1. The van der Waals surface area contributed by atoms with E-state index in [1.165, 1.54) is 20.1 Å². The van der Waals surface area contributed by atoms with Gasteiger partial charge in [0.25, 0.3) is 0 Å². The van der Waals surface area contributed by atoms with Crippen LogP contribution in [0.2, 0.25) is 0 Å². The van der Waals surface area contributed by atoms with Crippen molar-refractivity contribution in [3.05, 3.63) is 36.1 Å². The molecular weight excluding hydrogens is 186 g/mol. The number of ether oxygens (including phenoxy) is 1. The summed E-state index contributed by atoms with van der Waals surface area (Å²) in [5.41, 5.74) is 0.553. The molecule has 0 aliphatic carbocycles. The maximum absolute atomic E-state index is 12.4. The predicted molar refractivity (Wildman–Crippen MR) is 54.2 cm³/mol. The van der Waals surface area contributed by atoms with Crippen LogP contribution in [0, 0.1) is 5.92 Å². The Morgan fingerprint density at radius 2 is 2.00 bits per heavy atom. The fourth-order valence-corrected chi connectivity index (χ4v) is 0.989. The van der Waals surface area contributed by atoms with E-state index < -0.39 is 12.3 Å². The lowest BCUT2D eigenvalue weighted by Gasteiger charge is -2.12. The van der Waals surface area contributed by atoms with Gasteiger partial charge in [0.1, 0.15) is 5.76 Å². The maximum atomic E-state index is 12.4. The van der Waals surface area contributed by atoms with Gasteiger partial charge >= 0.3 is 0 Å². The Morgan fingerprint density at radius 3 is 2.29 bits per heavy atom. The van der Waals surface area contributed by atoms with Gasteiger partial charge in [0.05, 0.1) is 7.11 Å². The molecule has 0 fully saturated rings. The molecule has 0 aromatic carbocycles. The summed E-state index contributed by atoms with van der Waals surface area (Å²) in [6.07, 6.45) is 2.35. The molecule has 14 heavy (non-hydrogen) atoms. The Labute approximate surface area is 83.8 Å². The second kappa shape index (κ2) is 6.35. The van der Waals surface area contributed by atoms with E-state index in [4.69, 9.17) is 4.74 Å². The van der Waals surface area contributed by atoms with Crippen LogP contribution in [-0.4, -0.2) is 13.5 Å². The molecule has 0 bridgehead atoms. The average Bonchev–Trinajstić information content (AvgIpc) is 2.19. The molecule has 0 N–H and O–H groups in total. The van der Waals surface area contributed by atoms with Crippen molar-refractivity contribution in [2.24, 2.45) is 5.92 Å². The molecule has 0 heterocycles. The van der Waals surface area contributed by atoms with E-state index in [1.54, 1.807) is 19.1 Å². The molecule has 0 aromatic heterocycles. The van der Waals surface area contributed by atoms with Gasteiger partial charge in [0, 0.05) is 5.92 Å². The molecule has 0 radical (unpaired) electrons. The van der Waals surface area contributed by atoms with Gasteiger partial charge in [-0.1, -0.05) is 19.6 Å². The van der Waals surface area contributed by atoms with Crippen LogP contribution in [0.15, 0.2) is 36.1 Å². The summed E-state index contributed by atoms with van der Waals surface area (Å²) in [7, 11) is 1.48. The number of alkyl halides is 2. The van der Waals surface area contributed by atoms with Gasteiger partial charge in [-0.2, -0.15) is 0 Å². The number of rotatable bonds is 5. The van der Waals surface area contributed by atoms with Gasteiger partial charge in [-0.15, -0.1) is 0 Å². The molecule has 1 nitrogen and oxygen atoms in total. The number of hydrogen-bond acceptors (Lipinski definition) is 1. The van der Waals surface area contributed by atoms with Crippen LogP contribution in [0.25, 0.3) is 0 Å². The largest absolute Gasteiger partial charge is 0.497 e. The third kappa shape index (κ3) is 3.73. The summed E-state index contributed by atoms with van der Waals surface area (Å²) in [6.45, 7) is 6.72. The van der Waals surface area contributed by atoms with E-state index in [0.717, 1.165) is 0 Å². The van der Waals surface area contributed by atoms with Crippen LogP contribution < -0.4 is 0 Å². The van der Waals surface area contributed by atoms with Crippen LogP contribution in [0.5, 0.6) is 0 Å². The summed E-state index contributed by atoms with van der Waals surface area (Å²) in [5, 5.41) is 0. The molecule has 1 atom stereocenters. The highest BCUT2D eigenvalue weighted by atomic mass is 19.3. The molecule has 3 heteroatoms. The van der Waals surface area contributed by atoms with Gasteiger partial charge in [-0.3, -0.25) is 0 Å². The molecule has 0 amide bonds. The highest BCUT2D eigenvalue weighted by Gasteiger charge is 2.17. The molecule has 0 saturated carbocycles. The number of methoxy groups -OCH3 is 1. The Hall–Kier alpha value is -1.12. The van der Waals surface area contributed by atoms with Gasteiger partial charge < -0.3 is 4.74 Å². The van der Waals surface area contributed by atoms with E-state index in [1.807, 2.05) is 0 Å². The highest BCUT2D eigenvalue weighted by molar-refractivity contribution is 5.27. The van der Waals surface area contributed by atoms with Crippen LogP contribution in [0.3, 0.4) is 0 Å². The molecule has 0 rings (SSSR count). The van der Waals surface area contributed by atoms with E-state index in [2.05, 4.69) is 6.58 Å². The molecule has 0 spiro atoms. The zero-order valence-corrected chi connectivity index (χ0v) is 8.76. The van der Waals surface area contributed by atoms with Gasteiger partial charge in [0.2, 0.25) is 6.43 Å². The van der Waals surface area contributed by atoms with Crippen molar-refractivity contribution >= 4 is 0 Å². The SMILES string of the molecule is C=C/C(=C\C(=C/C)C(C)C(F)F)OC. The number of halogens is 2. The van der Waals surface area contributed by atoms with Crippen molar-refractivity contribution in [2.75, 3.05) is 7.11 Å². The molecule has 1 unspecified atom stereocenters. The molecule has 0 aromatic rings. The fraction of sp³-hybridized carbons (Fsp3) is 0.455. The minimum Gasteiger partial charge on any atom is -0.497 e. The lowest BCUT2D eigenvalue weighted by molar-refractivity contribution is 0.104. The summed E-state index contributed by atoms with van der Waals surface area (Å²) >= 11 is 0. The Balaban J connectivity index is 4.75. The topological polar surface area (TPSA) is 9.23 Å². The van der Waals surface area contributed by atoms with Crippen LogP contribution >= 0.6 is 0 Å². The second-order valence-corrected chi connectivity index (χ2v) is 2.87. The standard InChI is InChI=1S/C11H16F2O/c1-5-9(8(3)11(12)13)7-10(6-2)14-4/h5-8,11H,2H2,1,3-4H3/b9-5+,10-7+. The number of hydrogen-bond donors (Lipinski definition) is 0. The first kappa shape index (κ1) is 12.9. The second-order valence-electron chi connectivity index (χ2n) is 2.87. The summed E-state index contributed by atoms with van der Waals surface area (Å²) < 4.78 is 29.7. The molecule has 0 aliphatic rings. The van der Waals surface area contributed by atoms with E-state index in [9.17, 15) is 8.78 Å². The minimum atomic E-state index is -2.36. The normalized spacial score (nSPS) is 15.6. The third-order valence-electron chi connectivity index (χ3n) is 1.98. The summed E-state index contributed by atoms with van der Waals surface area (Å²) in [4.78, 5) is 0. The third-order valence-corrected chi connectivity index (χ3v) is 1.98. The monoisotopic (exact) mass is 202 g/mol. The van der Waals surface area contributed by atoms with Crippen LogP contribution in [0.4, 0.5) is 8.78 Å². The first-order chi connectivity index (χ1) is 6.56. The highest BCUT2D eigenvalue weighted by Crippen LogP contribution is 2.21. The van der Waals surface area contributed by atoms with E-state index in [-0.39, 0.29) is 0 Å². The lowest BCUT2D eigenvalue weighted by atomic mass is 10.0. The smallest absolute Gasteiger partial charge is 0.245 e. The lowest BCUT2D eigenvalue weighted by Crippen LogP contribution is -2.09. The van der Waals surface area contributed by atoms with Crippen LogP contribution in [-0.2, 0) is 4.74 Å². The Bertz CT molecular complexity index is 242. The van der Waals surface area contributed by atoms with Gasteiger partial charge in [0.15, 0.2) is 0 Å². The van der Waals surface area contributed by atoms with E-state index in [0.29, 0.717) is 11.3 Å². The summed E-state index contributed by atoms with van der Waals surface area (Å²) in [6, 6.07) is 0. The Kier molecular flexibility index (Phi) is 5.84. The first-order valence-electron chi connectivity index (χ1n) is 4.39. The van der Waals surface area contributed by atoms with Gasteiger partial charge in [-0.25, -0.2) is 8.78 Å². The average molecular weight is 202 g/mol. The Morgan fingerprint density at radius 1 is 1.43 bits per heavy atom. The minimum absolute atomic E-state index is 0.491. The number of allylic oxidation sites excluding steroid dienone is 4.